The Bertz CT molecular complexity index is 422. The average molecular weight is 312 g/mol. The van der Waals surface area contributed by atoms with Gasteiger partial charge in [0.2, 0.25) is 0 Å². The van der Waals surface area contributed by atoms with Gasteiger partial charge in [0.25, 0.3) is 0 Å². The van der Waals surface area contributed by atoms with E-state index in [1.807, 2.05) is 6.20 Å². The van der Waals surface area contributed by atoms with Crippen LogP contribution in [-0.4, -0.2) is 16.3 Å². The molecule has 0 aliphatic heterocycles. The van der Waals surface area contributed by atoms with Gasteiger partial charge in [-0.2, -0.15) is 5.10 Å². The van der Waals surface area contributed by atoms with Gasteiger partial charge >= 0.3 is 0 Å². The van der Waals surface area contributed by atoms with E-state index in [-0.39, 0.29) is 0 Å². The molecule has 2 rings (SSSR count). The Kier molecular flexibility index (Phi) is 6.56. The van der Waals surface area contributed by atoms with Crippen LogP contribution >= 0.6 is 11.6 Å². The van der Waals surface area contributed by atoms with Gasteiger partial charge in [0.15, 0.2) is 0 Å². The molecule has 1 aromatic rings. The first kappa shape index (κ1) is 16.8. The number of nitrogens with zero attached hydrogens (tertiary/aromatic N) is 2. The normalized spacial score (nSPS) is 24.2. The van der Waals surface area contributed by atoms with Crippen molar-refractivity contribution in [2.45, 2.75) is 71.9 Å². The lowest BCUT2D eigenvalue weighted by Crippen LogP contribution is -2.33. The van der Waals surface area contributed by atoms with Crippen LogP contribution in [0.1, 0.15) is 71.0 Å². The minimum atomic E-state index is 0.356. The molecule has 0 spiro atoms. The van der Waals surface area contributed by atoms with Crippen molar-refractivity contribution >= 4 is 11.6 Å². The molecule has 21 heavy (non-hydrogen) atoms. The summed E-state index contributed by atoms with van der Waals surface area (Å²) >= 11 is 6.46. The number of nitrogens with one attached hydrogen (secondary N) is 1. The second-order valence-corrected chi connectivity index (χ2v) is 6.73. The number of hydrogen-bond donors (Lipinski definition) is 1. The molecule has 1 aliphatic rings. The maximum absolute atomic E-state index is 6.46. The SMILES string of the molecule is CCCn1ncc(Cl)c1C(NCC)C1CCC(CC)CC1. The Morgan fingerprint density at radius 2 is 2.00 bits per heavy atom. The molecule has 4 heteroatoms. The highest BCUT2D eigenvalue weighted by Crippen LogP contribution is 2.39. The van der Waals surface area contributed by atoms with E-state index in [1.54, 1.807) is 0 Å². The number of hydrogen-bond acceptors (Lipinski definition) is 2. The number of rotatable bonds is 7. The summed E-state index contributed by atoms with van der Waals surface area (Å²) < 4.78 is 2.11. The van der Waals surface area contributed by atoms with E-state index in [4.69, 9.17) is 11.6 Å². The summed E-state index contributed by atoms with van der Waals surface area (Å²) in [5.41, 5.74) is 1.21. The van der Waals surface area contributed by atoms with Crippen LogP contribution in [0.15, 0.2) is 6.20 Å². The van der Waals surface area contributed by atoms with Crippen molar-refractivity contribution in [1.29, 1.82) is 0 Å². The van der Waals surface area contributed by atoms with E-state index < -0.39 is 0 Å². The summed E-state index contributed by atoms with van der Waals surface area (Å²) in [6.45, 7) is 8.62. The quantitative estimate of drug-likeness (QED) is 0.783. The first-order chi connectivity index (χ1) is 10.2. The van der Waals surface area contributed by atoms with Gasteiger partial charge in [-0.3, -0.25) is 4.68 Å². The van der Waals surface area contributed by atoms with Crippen molar-refractivity contribution < 1.29 is 0 Å². The summed E-state index contributed by atoms with van der Waals surface area (Å²) in [5, 5.41) is 8.99. The Morgan fingerprint density at radius 3 is 2.57 bits per heavy atom. The first-order valence-electron chi connectivity index (χ1n) is 8.65. The molecule has 1 fully saturated rings. The Hall–Kier alpha value is -0.540. The highest BCUT2D eigenvalue weighted by Gasteiger charge is 2.31. The number of aromatic nitrogens is 2. The molecule has 0 saturated heterocycles. The van der Waals surface area contributed by atoms with E-state index in [0.29, 0.717) is 12.0 Å². The molecule has 120 valence electrons. The summed E-state index contributed by atoms with van der Waals surface area (Å²) in [6.07, 6.45) is 9.58. The van der Waals surface area contributed by atoms with E-state index >= 15 is 0 Å². The lowest BCUT2D eigenvalue weighted by molar-refractivity contribution is 0.214. The predicted molar refractivity (Wildman–Crippen MR) is 89.7 cm³/mol. The number of halogens is 1. The van der Waals surface area contributed by atoms with Gasteiger partial charge < -0.3 is 5.32 Å². The van der Waals surface area contributed by atoms with Crippen LogP contribution in [0.4, 0.5) is 0 Å². The van der Waals surface area contributed by atoms with Crippen LogP contribution < -0.4 is 5.32 Å². The Balaban J connectivity index is 2.17. The molecule has 0 radical (unpaired) electrons. The van der Waals surface area contributed by atoms with Gasteiger partial charge in [-0.25, -0.2) is 0 Å². The molecule has 1 unspecified atom stereocenters. The van der Waals surface area contributed by atoms with E-state index in [2.05, 4.69) is 35.9 Å². The van der Waals surface area contributed by atoms with Gasteiger partial charge in [0.05, 0.1) is 23.0 Å². The fourth-order valence-corrected chi connectivity index (χ4v) is 3.97. The lowest BCUT2D eigenvalue weighted by atomic mass is 9.77. The van der Waals surface area contributed by atoms with Crippen LogP contribution in [0.3, 0.4) is 0 Å². The van der Waals surface area contributed by atoms with Crippen molar-refractivity contribution in [1.82, 2.24) is 15.1 Å². The second kappa shape index (κ2) is 8.19. The summed E-state index contributed by atoms with van der Waals surface area (Å²) in [7, 11) is 0. The molecule has 1 heterocycles. The molecular formula is C17H30ClN3. The van der Waals surface area contributed by atoms with Gasteiger partial charge in [-0.05, 0) is 37.6 Å². The average Bonchev–Trinajstić information content (AvgIpc) is 2.86. The Morgan fingerprint density at radius 1 is 1.29 bits per heavy atom. The maximum Gasteiger partial charge on any atom is 0.0834 e. The highest BCUT2D eigenvalue weighted by molar-refractivity contribution is 6.31. The largest absolute Gasteiger partial charge is 0.309 e. The van der Waals surface area contributed by atoms with E-state index in [9.17, 15) is 0 Å². The fourth-order valence-electron chi connectivity index (χ4n) is 3.71. The fraction of sp³-hybridized carbons (Fsp3) is 0.824. The van der Waals surface area contributed by atoms with E-state index in [1.165, 1.54) is 37.8 Å². The minimum absolute atomic E-state index is 0.356. The third-order valence-corrected chi connectivity index (χ3v) is 5.22. The Labute approximate surface area is 134 Å². The smallest absolute Gasteiger partial charge is 0.0834 e. The minimum Gasteiger partial charge on any atom is -0.309 e. The molecule has 3 nitrogen and oxygen atoms in total. The summed E-state index contributed by atoms with van der Waals surface area (Å²) in [4.78, 5) is 0. The predicted octanol–water partition coefficient (Wildman–Crippen LogP) is 4.81. The second-order valence-electron chi connectivity index (χ2n) is 6.33. The molecule has 0 aromatic carbocycles. The van der Waals surface area contributed by atoms with Crippen molar-refractivity contribution in [2.24, 2.45) is 11.8 Å². The topological polar surface area (TPSA) is 29.9 Å². The molecular weight excluding hydrogens is 282 g/mol. The third-order valence-electron chi connectivity index (χ3n) is 4.93. The van der Waals surface area contributed by atoms with Crippen molar-refractivity contribution in [3.63, 3.8) is 0 Å². The number of aryl methyl sites for hydroxylation is 1. The van der Waals surface area contributed by atoms with Crippen LogP contribution in [0.5, 0.6) is 0 Å². The first-order valence-corrected chi connectivity index (χ1v) is 9.03. The molecule has 1 atom stereocenters. The summed E-state index contributed by atoms with van der Waals surface area (Å²) in [6, 6.07) is 0.356. The zero-order valence-electron chi connectivity index (χ0n) is 13.7. The van der Waals surface area contributed by atoms with Gasteiger partial charge in [-0.1, -0.05) is 51.6 Å². The molecule has 1 N–H and O–H groups in total. The van der Waals surface area contributed by atoms with Crippen molar-refractivity contribution in [2.75, 3.05) is 6.54 Å². The molecule has 1 aromatic heterocycles. The highest BCUT2D eigenvalue weighted by atomic mass is 35.5. The van der Waals surface area contributed by atoms with Crippen LogP contribution in [0.25, 0.3) is 0 Å². The van der Waals surface area contributed by atoms with E-state index in [0.717, 1.165) is 30.5 Å². The molecule has 0 amide bonds. The van der Waals surface area contributed by atoms with Crippen LogP contribution in [0.2, 0.25) is 5.02 Å². The van der Waals surface area contributed by atoms with Crippen LogP contribution in [0, 0.1) is 11.8 Å². The monoisotopic (exact) mass is 311 g/mol. The third kappa shape index (κ3) is 4.01. The van der Waals surface area contributed by atoms with Gasteiger partial charge in [0.1, 0.15) is 0 Å². The van der Waals surface area contributed by atoms with Gasteiger partial charge in [0, 0.05) is 6.54 Å². The summed E-state index contributed by atoms with van der Waals surface area (Å²) in [5.74, 6) is 1.62. The van der Waals surface area contributed by atoms with Crippen molar-refractivity contribution in [3.8, 4) is 0 Å². The lowest BCUT2D eigenvalue weighted by Gasteiger charge is -2.34. The standard InChI is InChI=1S/C17H30ClN3/c1-4-11-21-17(15(18)12-20-21)16(19-6-3)14-9-7-13(5-2)8-10-14/h12-14,16,19H,4-11H2,1-3H3. The zero-order valence-corrected chi connectivity index (χ0v) is 14.5. The van der Waals surface area contributed by atoms with Gasteiger partial charge in [-0.15, -0.1) is 0 Å². The molecule has 0 bridgehead atoms. The zero-order chi connectivity index (χ0) is 15.2. The maximum atomic E-state index is 6.46. The molecule has 1 aliphatic carbocycles. The van der Waals surface area contributed by atoms with Crippen molar-refractivity contribution in [3.05, 3.63) is 16.9 Å². The molecule has 1 saturated carbocycles. The van der Waals surface area contributed by atoms with Crippen LogP contribution in [-0.2, 0) is 6.54 Å².